The van der Waals surface area contributed by atoms with Crippen molar-refractivity contribution in [2.45, 2.75) is 19.4 Å². The Labute approximate surface area is 109 Å². The number of fused-ring (bicyclic) bond motifs is 1. The van der Waals surface area contributed by atoms with Crippen LogP contribution in [0.4, 0.5) is 18.9 Å². The highest BCUT2D eigenvalue weighted by Crippen LogP contribution is 2.38. The van der Waals surface area contributed by atoms with Gasteiger partial charge in [-0.15, -0.1) is 0 Å². The van der Waals surface area contributed by atoms with Crippen molar-refractivity contribution in [1.82, 2.24) is 0 Å². The fraction of sp³-hybridized carbons (Fsp3) is 0.200. The van der Waals surface area contributed by atoms with E-state index in [2.05, 4.69) is 5.32 Å². The standard InChI is InChI=1S/C15H12F3N/c1-8-2-5-12(17)11-7-14(19-15(8)11)10-4-3-9(16)6-13(10)18/h2-6,14,19H,7H2,1H3. The predicted octanol–water partition coefficient (Wildman–Crippen LogP) is 4.12. The van der Waals surface area contributed by atoms with Crippen LogP contribution in [0.2, 0.25) is 0 Å². The monoisotopic (exact) mass is 263 g/mol. The Balaban J connectivity index is 2.00. The zero-order valence-corrected chi connectivity index (χ0v) is 10.3. The summed E-state index contributed by atoms with van der Waals surface area (Å²) in [6.07, 6.45) is 0.366. The molecule has 3 rings (SSSR count). The average molecular weight is 263 g/mol. The van der Waals surface area contributed by atoms with Crippen LogP contribution in [0.25, 0.3) is 0 Å². The van der Waals surface area contributed by atoms with Gasteiger partial charge in [-0.05, 0) is 24.6 Å². The second-order valence-corrected chi connectivity index (χ2v) is 4.78. The molecule has 1 N–H and O–H groups in total. The fourth-order valence-corrected chi connectivity index (χ4v) is 2.54. The molecule has 0 saturated heterocycles. The van der Waals surface area contributed by atoms with Gasteiger partial charge in [0.2, 0.25) is 0 Å². The third-order valence-corrected chi connectivity index (χ3v) is 3.53. The van der Waals surface area contributed by atoms with E-state index in [1.165, 1.54) is 18.2 Å². The number of rotatable bonds is 1. The summed E-state index contributed by atoms with van der Waals surface area (Å²) in [4.78, 5) is 0. The van der Waals surface area contributed by atoms with E-state index in [1.807, 2.05) is 6.92 Å². The Morgan fingerprint density at radius 2 is 1.84 bits per heavy atom. The number of aryl methyl sites for hydroxylation is 1. The third kappa shape index (κ3) is 1.97. The van der Waals surface area contributed by atoms with Crippen LogP contribution in [-0.2, 0) is 6.42 Å². The minimum Gasteiger partial charge on any atom is -0.377 e. The van der Waals surface area contributed by atoms with E-state index >= 15 is 0 Å². The van der Waals surface area contributed by atoms with Crippen LogP contribution < -0.4 is 5.32 Å². The summed E-state index contributed by atoms with van der Waals surface area (Å²) in [5.41, 5.74) is 2.56. The van der Waals surface area contributed by atoms with Crippen molar-refractivity contribution in [3.63, 3.8) is 0 Å². The molecular weight excluding hydrogens is 251 g/mol. The molecule has 1 nitrogen and oxygen atoms in total. The summed E-state index contributed by atoms with van der Waals surface area (Å²) >= 11 is 0. The van der Waals surface area contributed by atoms with Gasteiger partial charge in [0, 0.05) is 29.3 Å². The van der Waals surface area contributed by atoms with Crippen molar-refractivity contribution >= 4 is 5.69 Å². The van der Waals surface area contributed by atoms with Crippen LogP contribution in [0, 0.1) is 24.4 Å². The minimum atomic E-state index is -0.612. The second-order valence-electron chi connectivity index (χ2n) is 4.78. The van der Waals surface area contributed by atoms with Crippen LogP contribution in [0.1, 0.15) is 22.7 Å². The second kappa shape index (κ2) is 4.30. The lowest BCUT2D eigenvalue weighted by atomic mass is 10.0. The number of hydrogen-bond donors (Lipinski definition) is 1. The normalized spacial score (nSPS) is 17.2. The van der Waals surface area contributed by atoms with Gasteiger partial charge in [0.25, 0.3) is 0 Å². The first kappa shape index (κ1) is 12.1. The van der Waals surface area contributed by atoms with Crippen LogP contribution in [-0.4, -0.2) is 0 Å². The lowest BCUT2D eigenvalue weighted by molar-refractivity contribution is 0.560. The van der Waals surface area contributed by atoms with Crippen LogP contribution in [0.15, 0.2) is 30.3 Å². The van der Waals surface area contributed by atoms with E-state index in [-0.39, 0.29) is 11.9 Å². The maximum absolute atomic E-state index is 13.8. The topological polar surface area (TPSA) is 12.0 Å². The van der Waals surface area contributed by atoms with E-state index < -0.39 is 11.6 Å². The summed E-state index contributed by atoms with van der Waals surface area (Å²) < 4.78 is 40.4. The first-order valence-electron chi connectivity index (χ1n) is 6.05. The molecule has 1 heterocycles. The molecule has 1 atom stereocenters. The van der Waals surface area contributed by atoms with E-state index in [0.29, 0.717) is 23.2 Å². The largest absolute Gasteiger partial charge is 0.377 e. The Morgan fingerprint density at radius 3 is 2.53 bits per heavy atom. The molecule has 0 saturated carbocycles. The SMILES string of the molecule is Cc1ccc(F)c2c1NC(c1ccc(F)cc1F)C2. The van der Waals surface area contributed by atoms with E-state index in [0.717, 1.165) is 11.6 Å². The molecule has 98 valence electrons. The first-order chi connectivity index (χ1) is 9.06. The molecular formula is C15H12F3N. The fourth-order valence-electron chi connectivity index (χ4n) is 2.54. The summed E-state index contributed by atoms with van der Waals surface area (Å²) in [5, 5.41) is 3.12. The molecule has 1 aliphatic heterocycles. The summed E-state index contributed by atoms with van der Waals surface area (Å²) in [6, 6.07) is 6.21. The molecule has 2 aromatic carbocycles. The summed E-state index contributed by atoms with van der Waals surface area (Å²) in [5.74, 6) is -1.51. The Bertz CT molecular complexity index is 621. The van der Waals surface area contributed by atoms with Gasteiger partial charge in [-0.1, -0.05) is 12.1 Å². The van der Waals surface area contributed by atoms with Crippen molar-refractivity contribution in [3.8, 4) is 0 Å². The number of anilines is 1. The molecule has 1 unspecified atom stereocenters. The maximum Gasteiger partial charge on any atom is 0.131 e. The van der Waals surface area contributed by atoms with Gasteiger partial charge in [0.15, 0.2) is 0 Å². The van der Waals surface area contributed by atoms with Crippen LogP contribution in [0.3, 0.4) is 0 Å². The highest BCUT2D eigenvalue weighted by atomic mass is 19.1. The number of benzene rings is 2. The molecule has 2 aromatic rings. The highest BCUT2D eigenvalue weighted by molar-refractivity contribution is 5.63. The molecule has 0 bridgehead atoms. The Hall–Kier alpha value is -1.97. The van der Waals surface area contributed by atoms with Crippen LogP contribution >= 0.6 is 0 Å². The minimum absolute atomic E-state index is 0.293. The lowest BCUT2D eigenvalue weighted by Gasteiger charge is -2.13. The first-order valence-corrected chi connectivity index (χ1v) is 6.05. The van der Waals surface area contributed by atoms with E-state index in [1.54, 1.807) is 6.07 Å². The van der Waals surface area contributed by atoms with Crippen molar-refractivity contribution < 1.29 is 13.2 Å². The zero-order valence-electron chi connectivity index (χ0n) is 10.3. The summed E-state index contributed by atoms with van der Waals surface area (Å²) in [7, 11) is 0. The number of halogens is 3. The average Bonchev–Trinajstić information content (AvgIpc) is 2.80. The molecule has 4 heteroatoms. The van der Waals surface area contributed by atoms with Gasteiger partial charge in [-0.25, -0.2) is 13.2 Å². The van der Waals surface area contributed by atoms with Crippen LogP contribution in [0.5, 0.6) is 0 Å². The molecule has 1 aliphatic rings. The third-order valence-electron chi connectivity index (χ3n) is 3.53. The highest BCUT2D eigenvalue weighted by Gasteiger charge is 2.27. The quantitative estimate of drug-likeness (QED) is 0.816. The van der Waals surface area contributed by atoms with Crippen molar-refractivity contribution in [1.29, 1.82) is 0 Å². The predicted molar refractivity (Wildman–Crippen MR) is 67.6 cm³/mol. The Morgan fingerprint density at radius 1 is 1.05 bits per heavy atom. The van der Waals surface area contributed by atoms with E-state index in [9.17, 15) is 13.2 Å². The van der Waals surface area contributed by atoms with Crippen molar-refractivity contribution in [3.05, 3.63) is 64.5 Å². The zero-order chi connectivity index (χ0) is 13.6. The van der Waals surface area contributed by atoms with Crippen molar-refractivity contribution in [2.75, 3.05) is 5.32 Å². The van der Waals surface area contributed by atoms with Crippen molar-refractivity contribution in [2.24, 2.45) is 0 Å². The number of hydrogen-bond acceptors (Lipinski definition) is 1. The van der Waals surface area contributed by atoms with E-state index in [4.69, 9.17) is 0 Å². The number of nitrogens with one attached hydrogen (secondary N) is 1. The molecule has 19 heavy (non-hydrogen) atoms. The van der Waals surface area contributed by atoms with Gasteiger partial charge in [0.05, 0.1) is 6.04 Å². The molecule has 0 radical (unpaired) electrons. The molecule has 0 aromatic heterocycles. The van der Waals surface area contributed by atoms with Gasteiger partial charge in [-0.2, -0.15) is 0 Å². The molecule has 0 amide bonds. The molecule has 0 aliphatic carbocycles. The van der Waals surface area contributed by atoms with Gasteiger partial charge in [-0.3, -0.25) is 0 Å². The van der Waals surface area contributed by atoms with Gasteiger partial charge in [0.1, 0.15) is 17.5 Å². The maximum atomic E-state index is 13.8. The van der Waals surface area contributed by atoms with Gasteiger partial charge < -0.3 is 5.32 Å². The molecule has 0 spiro atoms. The lowest BCUT2D eigenvalue weighted by Crippen LogP contribution is -2.08. The van der Waals surface area contributed by atoms with Gasteiger partial charge >= 0.3 is 0 Å². The summed E-state index contributed by atoms with van der Waals surface area (Å²) in [6.45, 7) is 1.87. The molecule has 0 fully saturated rings. The Kier molecular flexibility index (Phi) is 2.73. The smallest absolute Gasteiger partial charge is 0.131 e.